The van der Waals surface area contributed by atoms with Crippen molar-refractivity contribution in [2.75, 3.05) is 25.5 Å². The Morgan fingerprint density at radius 3 is 2.68 bits per heavy atom. The van der Waals surface area contributed by atoms with E-state index in [1.165, 1.54) is 0 Å². The van der Waals surface area contributed by atoms with Crippen molar-refractivity contribution in [3.05, 3.63) is 30.3 Å². The molecular formula is C17H23N3O2. The van der Waals surface area contributed by atoms with Crippen LogP contribution in [-0.4, -0.2) is 47.4 Å². The summed E-state index contributed by atoms with van der Waals surface area (Å²) in [5, 5.41) is 2.94. The number of amides is 3. The maximum Gasteiger partial charge on any atom is 0.321 e. The van der Waals surface area contributed by atoms with Crippen molar-refractivity contribution in [3.63, 3.8) is 0 Å². The Labute approximate surface area is 131 Å². The van der Waals surface area contributed by atoms with Gasteiger partial charge in [0.15, 0.2) is 0 Å². The third-order valence-corrected chi connectivity index (χ3v) is 4.99. The van der Waals surface area contributed by atoms with Crippen molar-refractivity contribution in [1.82, 2.24) is 9.80 Å². The highest BCUT2D eigenvalue weighted by molar-refractivity contribution is 5.89. The SMILES string of the molecule is CN1C(=O)CCC[C@]12CCCN(C(=O)Nc1ccccc1)C2. The van der Waals surface area contributed by atoms with Gasteiger partial charge < -0.3 is 15.1 Å². The van der Waals surface area contributed by atoms with Crippen LogP contribution in [0.3, 0.4) is 0 Å². The molecule has 2 saturated heterocycles. The van der Waals surface area contributed by atoms with Crippen LogP contribution in [0.4, 0.5) is 10.5 Å². The number of benzene rings is 1. The molecule has 1 aromatic carbocycles. The van der Waals surface area contributed by atoms with Gasteiger partial charge >= 0.3 is 6.03 Å². The first-order valence-corrected chi connectivity index (χ1v) is 7.98. The first kappa shape index (κ1) is 14.9. The van der Waals surface area contributed by atoms with E-state index in [1.54, 1.807) is 0 Å². The van der Waals surface area contributed by atoms with Crippen molar-refractivity contribution < 1.29 is 9.59 Å². The predicted molar refractivity (Wildman–Crippen MR) is 85.6 cm³/mol. The lowest BCUT2D eigenvalue weighted by atomic mass is 9.80. The average Bonchev–Trinajstić information content (AvgIpc) is 2.54. The molecule has 0 bridgehead atoms. The quantitative estimate of drug-likeness (QED) is 0.867. The normalized spacial score (nSPS) is 25.4. The zero-order chi connectivity index (χ0) is 15.6. The number of piperidine rings is 2. The maximum atomic E-state index is 12.5. The lowest BCUT2D eigenvalue weighted by Crippen LogP contribution is -2.62. The number of rotatable bonds is 1. The monoisotopic (exact) mass is 301 g/mol. The standard InChI is InChI=1S/C17H23N3O2/c1-19-15(21)9-5-10-17(19)11-6-12-20(13-17)16(22)18-14-7-3-2-4-8-14/h2-4,7-8H,5-6,9-13H2,1H3,(H,18,22)/t17-/m1/s1. The second kappa shape index (κ2) is 5.99. The van der Waals surface area contributed by atoms with Gasteiger partial charge in [-0.05, 0) is 37.8 Å². The summed E-state index contributed by atoms with van der Waals surface area (Å²) in [7, 11) is 1.89. The number of anilines is 1. The zero-order valence-corrected chi connectivity index (χ0v) is 13.0. The number of nitrogens with one attached hydrogen (secondary N) is 1. The average molecular weight is 301 g/mol. The predicted octanol–water partition coefficient (Wildman–Crippen LogP) is 2.70. The fraction of sp³-hybridized carbons (Fsp3) is 0.529. The Morgan fingerprint density at radius 2 is 1.91 bits per heavy atom. The summed E-state index contributed by atoms with van der Waals surface area (Å²) in [4.78, 5) is 28.3. The number of nitrogens with zero attached hydrogens (tertiary/aromatic N) is 2. The molecule has 0 aromatic heterocycles. The van der Waals surface area contributed by atoms with Gasteiger partial charge in [0, 0.05) is 32.2 Å². The molecule has 0 radical (unpaired) electrons. The van der Waals surface area contributed by atoms with E-state index in [2.05, 4.69) is 5.32 Å². The largest absolute Gasteiger partial charge is 0.338 e. The third-order valence-electron chi connectivity index (χ3n) is 4.99. The summed E-state index contributed by atoms with van der Waals surface area (Å²) in [6, 6.07) is 9.43. The van der Waals surface area contributed by atoms with Gasteiger partial charge in [0.1, 0.15) is 0 Å². The van der Waals surface area contributed by atoms with Crippen LogP contribution in [0, 0.1) is 0 Å². The minimum absolute atomic E-state index is 0.0725. The Bertz CT molecular complexity index is 556. The van der Waals surface area contributed by atoms with E-state index in [0.717, 1.165) is 37.9 Å². The lowest BCUT2D eigenvalue weighted by molar-refractivity contribution is -0.142. The van der Waals surface area contributed by atoms with E-state index in [9.17, 15) is 9.59 Å². The summed E-state index contributed by atoms with van der Waals surface area (Å²) in [6.07, 6.45) is 4.49. The molecule has 2 aliphatic heterocycles. The van der Waals surface area contributed by atoms with Crippen LogP contribution < -0.4 is 5.32 Å². The number of likely N-dealkylation sites (tertiary alicyclic amines) is 2. The molecular weight excluding hydrogens is 278 g/mol. The van der Waals surface area contributed by atoms with Gasteiger partial charge in [0.2, 0.25) is 5.91 Å². The minimum atomic E-state index is -0.165. The molecule has 118 valence electrons. The van der Waals surface area contributed by atoms with Gasteiger partial charge in [-0.1, -0.05) is 18.2 Å². The van der Waals surface area contributed by atoms with Crippen molar-refractivity contribution in [1.29, 1.82) is 0 Å². The summed E-state index contributed by atoms with van der Waals surface area (Å²) in [5.74, 6) is 0.205. The van der Waals surface area contributed by atoms with Crippen LogP contribution in [0.25, 0.3) is 0 Å². The Kier molecular flexibility index (Phi) is 4.05. The molecule has 5 nitrogen and oxygen atoms in total. The smallest absolute Gasteiger partial charge is 0.321 e. The van der Waals surface area contributed by atoms with Gasteiger partial charge in [0.05, 0.1) is 5.54 Å². The third kappa shape index (κ3) is 2.80. The molecule has 2 fully saturated rings. The Hall–Kier alpha value is -2.04. The highest BCUT2D eigenvalue weighted by Crippen LogP contribution is 2.35. The van der Waals surface area contributed by atoms with Gasteiger partial charge in [0.25, 0.3) is 0 Å². The van der Waals surface area contributed by atoms with Gasteiger partial charge in [-0.2, -0.15) is 0 Å². The molecule has 22 heavy (non-hydrogen) atoms. The van der Waals surface area contributed by atoms with Crippen molar-refractivity contribution in [3.8, 4) is 0 Å². The van der Waals surface area contributed by atoms with E-state index >= 15 is 0 Å². The number of hydrogen-bond donors (Lipinski definition) is 1. The van der Waals surface area contributed by atoms with Crippen molar-refractivity contribution in [2.45, 2.75) is 37.6 Å². The molecule has 1 spiro atoms. The number of likely N-dealkylation sites (N-methyl/N-ethyl adjacent to an activating group) is 1. The van der Waals surface area contributed by atoms with Crippen LogP contribution in [0.1, 0.15) is 32.1 Å². The van der Waals surface area contributed by atoms with E-state index < -0.39 is 0 Å². The zero-order valence-electron chi connectivity index (χ0n) is 13.0. The number of urea groups is 1. The molecule has 2 heterocycles. The van der Waals surface area contributed by atoms with Crippen molar-refractivity contribution in [2.24, 2.45) is 0 Å². The fourth-order valence-electron chi connectivity index (χ4n) is 3.66. The molecule has 5 heteroatoms. The summed E-state index contributed by atoms with van der Waals surface area (Å²) >= 11 is 0. The lowest BCUT2D eigenvalue weighted by Gasteiger charge is -2.50. The Morgan fingerprint density at radius 1 is 1.18 bits per heavy atom. The second-order valence-electron chi connectivity index (χ2n) is 6.35. The molecule has 1 atom stereocenters. The van der Waals surface area contributed by atoms with E-state index in [1.807, 2.05) is 47.2 Å². The number of carbonyl (C=O) groups is 2. The molecule has 1 N–H and O–H groups in total. The highest BCUT2D eigenvalue weighted by atomic mass is 16.2. The highest BCUT2D eigenvalue weighted by Gasteiger charge is 2.44. The number of hydrogen-bond acceptors (Lipinski definition) is 2. The Balaban J connectivity index is 1.70. The molecule has 3 rings (SSSR count). The van der Waals surface area contributed by atoms with Gasteiger partial charge in [-0.15, -0.1) is 0 Å². The van der Waals surface area contributed by atoms with Crippen LogP contribution in [0.5, 0.6) is 0 Å². The van der Waals surface area contributed by atoms with Gasteiger partial charge in [-0.25, -0.2) is 4.79 Å². The van der Waals surface area contributed by atoms with Crippen LogP contribution in [-0.2, 0) is 4.79 Å². The molecule has 1 aromatic rings. The summed E-state index contributed by atoms with van der Waals surface area (Å²) in [6.45, 7) is 1.39. The van der Waals surface area contributed by atoms with Crippen LogP contribution >= 0.6 is 0 Å². The van der Waals surface area contributed by atoms with Crippen LogP contribution in [0.2, 0.25) is 0 Å². The summed E-state index contributed by atoms with van der Waals surface area (Å²) < 4.78 is 0. The topological polar surface area (TPSA) is 52.7 Å². The van der Waals surface area contributed by atoms with Crippen LogP contribution in [0.15, 0.2) is 30.3 Å². The maximum absolute atomic E-state index is 12.5. The van der Waals surface area contributed by atoms with Gasteiger partial charge in [-0.3, -0.25) is 4.79 Å². The van der Waals surface area contributed by atoms with E-state index in [4.69, 9.17) is 0 Å². The minimum Gasteiger partial charge on any atom is -0.338 e. The number of para-hydroxylation sites is 1. The summed E-state index contributed by atoms with van der Waals surface area (Å²) in [5.41, 5.74) is 0.641. The number of carbonyl (C=O) groups excluding carboxylic acids is 2. The van der Waals surface area contributed by atoms with Crippen molar-refractivity contribution >= 4 is 17.6 Å². The second-order valence-corrected chi connectivity index (χ2v) is 6.35. The molecule has 3 amide bonds. The van der Waals surface area contributed by atoms with E-state index in [0.29, 0.717) is 13.0 Å². The fourth-order valence-corrected chi connectivity index (χ4v) is 3.66. The molecule has 0 saturated carbocycles. The van der Waals surface area contributed by atoms with E-state index in [-0.39, 0.29) is 17.5 Å². The first-order chi connectivity index (χ1) is 10.6. The molecule has 0 aliphatic carbocycles. The molecule has 2 aliphatic rings. The first-order valence-electron chi connectivity index (χ1n) is 7.98. The molecule has 0 unspecified atom stereocenters.